The Morgan fingerprint density at radius 1 is 1.19 bits per heavy atom. The largest absolute Gasteiger partial charge is 0.449 e. The predicted octanol–water partition coefficient (Wildman–Crippen LogP) is 4.49. The molecule has 1 N–H and O–H groups in total. The summed E-state index contributed by atoms with van der Waals surface area (Å²) in [5.74, 6) is -1.32. The van der Waals surface area contributed by atoms with Gasteiger partial charge in [-0.25, -0.2) is 4.79 Å². The quantitative estimate of drug-likeness (QED) is 0.328. The summed E-state index contributed by atoms with van der Waals surface area (Å²) >= 11 is 11.8. The summed E-state index contributed by atoms with van der Waals surface area (Å²) < 4.78 is 5.02. The van der Waals surface area contributed by atoms with Gasteiger partial charge in [0.25, 0.3) is 11.6 Å². The number of halogens is 2. The first kappa shape index (κ1) is 20.4. The molecule has 0 bridgehead atoms. The summed E-state index contributed by atoms with van der Waals surface area (Å²) in [4.78, 5) is 34.0. The number of nitro groups is 1. The lowest BCUT2D eigenvalue weighted by molar-refractivity contribution is -0.384. The van der Waals surface area contributed by atoms with E-state index in [1.807, 2.05) is 0 Å². The molecule has 0 aliphatic rings. The van der Waals surface area contributed by atoms with E-state index in [-0.39, 0.29) is 5.69 Å². The van der Waals surface area contributed by atoms with Gasteiger partial charge in [0.05, 0.1) is 15.6 Å². The average Bonchev–Trinajstić information content (AvgIpc) is 2.63. The zero-order valence-corrected chi connectivity index (χ0v) is 15.5. The Kier molecular flexibility index (Phi) is 6.92. The first-order valence-corrected chi connectivity index (χ1v) is 8.41. The molecular formula is C18H14Cl2N2O5. The van der Waals surface area contributed by atoms with E-state index in [1.165, 1.54) is 49.4 Å². The molecule has 0 aromatic heterocycles. The highest BCUT2D eigenvalue weighted by Crippen LogP contribution is 2.25. The van der Waals surface area contributed by atoms with E-state index in [1.54, 1.807) is 6.07 Å². The molecular weight excluding hydrogens is 395 g/mol. The van der Waals surface area contributed by atoms with Crippen LogP contribution in [0.1, 0.15) is 12.5 Å². The summed E-state index contributed by atoms with van der Waals surface area (Å²) in [6.07, 6.45) is 1.47. The van der Waals surface area contributed by atoms with Gasteiger partial charge in [-0.2, -0.15) is 0 Å². The van der Waals surface area contributed by atoms with Crippen molar-refractivity contribution in [2.75, 3.05) is 5.32 Å². The number of carbonyl (C=O) groups excluding carboxylic acids is 2. The van der Waals surface area contributed by atoms with Crippen molar-refractivity contribution in [1.29, 1.82) is 0 Å². The number of anilines is 1. The Labute approximate surface area is 164 Å². The third kappa shape index (κ3) is 6.09. The monoisotopic (exact) mass is 408 g/mol. The fraction of sp³-hybridized carbons (Fsp3) is 0.111. The van der Waals surface area contributed by atoms with Gasteiger partial charge >= 0.3 is 5.97 Å². The summed E-state index contributed by atoms with van der Waals surface area (Å²) in [6, 6.07) is 10.2. The van der Waals surface area contributed by atoms with Crippen LogP contribution in [0.3, 0.4) is 0 Å². The Bertz CT molecular complexity index is 897. The van der Waals surface area contributed by atoms with E-state index in [2.05, 4.69) is 5.32 Å². The van der Waals surface area contributed by atoms with E-state index >= 15 is 0 Å². The van der Waals surface area contributed by atoms with Crippen LogP contribution in [0.5, 0.6) is 0 Å². The SMILES string of the molecule is C[C@@H](OC(=O)/C=C/c1ccc([N+](=O)[O-])cc1)C(=O)Nc1cc(Cl)ccc1Cl. The van der Waals surface area contributed by atoms with Gasteiger partial charge in [0.2, 0.25) is 0 Å². The number of esters is 1. The molecule has 1 amide bonds. The van der Waals surface area contributed by atoms with Crippen LogP contribution in [0.15, 0.2) is 48.5 Å². The number of benzene rings is 2. The zero-order valence-electron chi connectivity index (χ0n) is 14.0. The second-order valence-corrected chi connectivity index (χ2v) is 6.22. The molecule has 0 unspecified atom stereocenters. The lowest BCUT2D eigenvalue weighted by Crippen LogP contribution is -2.29. The number of hydrogen-bond donors (Lipinski definition) is 1. The third-order valence-corrected chi connectivity index (χ3v) is 3.93. The van der Waals surface area contributed by atoms with Crippen molar-refractivity contribution in [3.8, 4) is 0 Å². The molecule has 0 fully saturated rings. The summed E-state index contributed by atoms with van der Waals surface area (Å²) in [5, 5.41) is 13.8. The van der Waals surface area contributed by atoms with Crippen molar-refractivity contribution < 1.29 is 19.2 Å². The minimum atomic E-state index is -1.07. The first-order valence-electron chi connectivity index (χ1n) is 7.65. The Morgan fingerprint density at radius 3 is 2.48 bits per heavy atom. The molecule has 0 radical (unpaired) electrons. The molecule has 1 atom stereocenters. The van der Waals surface area contributed by atoms with Crippen molar-refractivity contribution in [2.45, 2.75) is 13.0 Å². The predicted molar refractivity (Wildman–Crippen MR) is 103 cm³/mol. The van der Waals surface area contributed by atoms with E-state index in [0.29, 0.717) is 21.3 Å². The molecule has 7 nitrogen and oxygen atoms in total. The van der Waals surface area contributed by atoms with Crippen molar-refractivity contribution in [1.82, 2.24) is 0 Å². The fourth-order valence-corrected chi connectivity index (χ4v) is 2.30. The third-order valence-electron chi connectivity index (χ3n) is 3.36. The number of ether oxygens (including phenoxy) is 1. The van der Waals surface area contributed by atoms with Crippen LogP contribution in [0.2, 0.25) is 10.0 Å². The highest BCUT2D eigenvalue weighted by atomic mass is 35.5. The molecule has 0 heterocycles. The number of nitro benzene ring substituents is 1. The molecule has 2 aromatic carbocycles. The maximum Gasteiger partial charge on any atom is 0.331 e. The van der Waals surface area contributed by atoms with E-state index in [9.17, 15) is 19.7 Å². The summed E-state index contributed by atoms with van der Waals surface area (Å²) in [5.41, 5.74) is 0.818. The zero-order chi connectivity index (χ0) is 20.0. The molecule has 0 saturated heterocycles. The number of nitrogens with one attached hydrogen (secondary N) is 1. The van der Waals surface area contributed by atoms with Gasteiger partial charge in [0.1, 0.15) is 0 Å². The van der Waals surface area contributed by atoms with Gasteiger partial charge in [0, 0.05) is 23.2 Å². The first-order chi connectivity index (χ1) is 12.8. The fourth-order valence-electron chi connectivity index (χ4n) is 1.97. The minimum Gasteiger partial charge on any atom is -0.449 e. The van der Waals surface area contributed by atoms with E-state index < -0.39 is 22.9 Å². The van der Waals surface area contributed by atoms with Crippen molar-refractivity contribution in [3.05, 3.63) is 74.3 Å². The highest BCUT2D eigenvalue weighted by molar-refractivity contribution is 6.35. The van der Waals surface area contributed by atoms with Crippen LogP contribution >= 0.6 is 23.2 Å². The lowest BCUT2D eigenvalue weighted by Gasteiger charge is -2.13. The summed E-state index contributed by atoms with van der Waals surface area (Å²) in [6.45, 7) is 1.41. The van der Waals surface area contributed by atoms with E-state index in [4.69, 9.17) is 27.9 Å². The molecule has 27 heavy (non-hydrogen) atoms. The van der Waals surface area contributed by atoms with Gasteiger partial charge in [-0.1, -0.05) is 23.2 Å². The second-order valence-electron chi connectivity index (χ2n) is 5.37. The van der Waals surface area contributed by atoms with Gasteiger partial charge in [-0.15, -0.1) is 0 Å². The topological polar surface area (TPSA) is 98.5 Å². The van der Waals surface area contributed by atoms with Crippen LogP contribution in [-0.2, 0) is 14.3 Å². The smallest absolute Gasteiger partial charge is 0.331 e. The van der Waals surface area contributed by atoms with Crippen LogP contribution in [0, 0.1) is 10.1 Å². The summed E-state index contributed by atoms with van der Waals surface area (Å²) in [7, 11) is 0. The normalized spacial score (nSPS) is 11.8. The number of hydrogen-bond acceptors (Lipinski definition) is 5. The minimum absolute atomic E-state index is 0.0558. The number of rotatable bonds is 6. The molecule has 0 aliphatic carbocycles. The number of non-ortho nitro benzene ring substituents is 1. The van der Waals surface area contributed by atoms with Gasteiger partial charge in [-0.05, 0) is 48.9 Å². The van der Waals surface area contributed by atoms with E-state index in [0.717, 1.165) is 6.08 Å². The van der Waals surface area contributed by atoms with Gasteiger partial charge < -0.3 is 10.1 Å². The molecule has 140 valence electrons. The number of carbonyl (C=O) groups is 2. The molecule has 9 heteroatoms. The van der Waals surface area contributed by atoms with Gasteiger partial charge in [0.15, 0.2) is 6.10 Å². The highest BCUT2D eigenvalue weighted by Gasteiger charge is 2.18. The molecule has 0 aliphatic heterocycles. The number of amides is 1. The van der Waals surface area contributed by atoms with Crippen molar-refractivity contribution in [2.24, 2.45) is 0 Å². The van der Waals surface area contributed by atoms with Crippen LogP contribution in [0.25, 0.3) is 6.08 Å². The Hall–Kier alpha value is -2.90. The maximum absolute atomic E-state index is 12.1. The molecule has 2 rings (SSSR count). The van der Waals surface area contributed by atoms with Crippen LogP contribution in [-0.4, -0.2) is 22.9 Å². The van der Waals surface area contributed by atoms with Crippen molar-refractivity contribution >= 4 is 52.5 Å². The molecule has 2 aromatic rings. The van der Waals surface area contributed by atoms with Gasteiger partial charge in [-0.3, -0.25) is 14.9 Å². The Balaban J connectivity index is 1.93. The second kappa shape index (κ2) is 9.16. The maximum atomic E-state index is 12.1. The molecule has 0 saturated carbocycles. The number of nitrogens with zero attached hydrogens (tertiary/aromatic N) is 1. The lowest BCUT2D eigenvalue weighted by atomic mass is 10.2. The van der Waals surface area contributed by atoms with Crippen LogP contribution < -0.4 is 5.32 Å². The average molecular weight is 409 g/mol. The standard InChI is InChI=1S/C18H14Cl2N2O5/c1-11(18(24)21-16-10-13(19)5-8-15(16)20)27-17(23)9-4-12-2-6-14(7-3-12)22(25)26/h2-11H,1H3,(H,21,24)/b9-4+/t11-/m1/s1. The van der Waals surface area contributed by atoms with Crippen LogP contribution in [0.4, 0.5) is 11.4 Å². The van der Waals surface area contributed by atoms with Crippen molar-refractivity contribution in [3.63, 3.8) is 0 Å². The molecule has 0 spiro atoms. The Morgan fingerprint density at radius 2 is 1.85 bits per heavy atom.